The predicted octanol–water partition coefficient (Wildman–Crippen LogP) is 7.33. The lowest BCUT2D eigenvalue weighted by Gasteiger charge is -2.46. The fraction of sp³-hybridized carbons (Fsp3) is 0. The van der Waals surface area contributed by atoms with Crippen LogP contribution in [0.25, 0.3) is 11.1 Å². The molecule has 3 aliphatic heterocycles. The Kier molecular flexibility index (Phi) is 7.02. The number of anilines is 3. The highest BCUT2D eigenvalue weighted by Gasteiger charge is 2.52. The maximum absolute atomic E-state index is 6.31. The average Bonchev–Trinajstić information content (AvgIpc) is 3.23. The molecule has 0 fully saturated rings. The van der Waals surface area contributed by atoms with Gasteiger partial charge in [-0.15, -0.1) is 0 Å². The maximum atomic E-state index is 6.31. The predicted molar refractivity (Wildman–Crippen MR) is 227 cm³/mol. The summed E-state index contributed by atoms with van der Waals surface area (Å²) >= 11 is 1.94. The van der Waals surface area contributed by atoms with Crippen molar-refractivity contribution < 1.29 is 4.74 Å². The molecule has 5 heteroatoms. The lowest BCUT2D eigenvalue weighted by atomic mass is 10.0. The quantitative estimate of drug-likeness (QED) is 0.177. The van der Waals surface area contributed by atoms with Gasteiger partial charge in [0.1, 0.15) is 8.80 Å². The van der Waals surface area contributed by atoms with Gasteiger partial charge >= 0.3 is 0 Å². The van der Waals surface area contributed by atoms with Crippen molar-refractivity contribution in [1.82, 2.24) is 0 Å². The Labute approximate surface area is 316 Å². The number of benzene rings is 8. The zero-order valence-electron chi connectivity index (χ0n) is 28.8. The molecule has 1 spiro atoms. The van der Waals surface area contributed by atoms with Crippen LogP contribution in [0.15, 0.2) is 204 Å². The summed E-state index contributed by atoms with van der Waals surface area (Å²) in [5.41, 5.74) is 5.68. The summed E-state index contributed by atoms with van der Waals surface area (Å²) < 4.78 is 6.31. The summed E-state index contributed by atoms with van der Waals surface area (Å²) in [6.07, 6.45) is 0. The van der Waals surface area contributed by atoms with Gasteiger partial charge in [-0.05, 0) is 80.4 Å². The van der Waals surface area contributed by atoms with Crippen molar-refractivity contribution >= 4 is 82.0 Å². The summed E-state index contributed by atoms with van der Waals surface area (Å²) in [6.45, 7) is 0. The van der Waals surface area contributed by atoms with Crippen molar-refractivity contribution in [2.24, 2.45) is 0 Å². The van der Waals surface area contributed by atoms with Crippen molar-refractivity contribution in [3.63, 3.8) is 0 Å². The molecule has 0 bridgehead atoms. The standard InChI is InChI=1S/C48H33NOSSi2/c1-2-14-36(15-3-1)52-43-22-10-13-25-47(43)53(45-23-11-8-20-41(45)51-42-21-9-12-24-46(42)53)48-32-34(28-31-44(48)52)33-26-29-35(30-27-33)49-37-16-4-6-18-39(37)50-40-19-7-5-17-38(40)49/h1-32,52H. The molecule has 11 rings (SSSR count). The molecule has 0 amide bonds. The van der Waals surface area contributed by atoms with E-state index in [0.717, 1.165) is 28.6 Å². The Morgan fingerprint density at radius 1 is 0.434 bits per heavy atom. The third-order valence-electron chi connectivity index (χ3n) is 11.3. The van der Waals surface area contributed by atoms with Gasteiger partial charge < -0.3 is 9.64 Å². The van der Waals surface area contributed by atoms with E-state index in [2.05, 4.69) is 175 Å². The van der Waals surface area contributed by atoms with Gasteiger partial charge in [0.15, 0.2) is 19.6 Å². The van der Waals surface area contributed by atoms with Gasteiger partial charge in [0.05, 0.1) is 11.4 Å². The van der Waals surface area contributed by atoms with Gasteiger partial charge in [0.25, 0.3) is 0 Å². The zero-order chi connectivity index (χ0) is 34.9. The number of hydrogen-bond donors (Lipinski definition) is 0. The van der Waals surface area contributed by atoms with Gasteiger partial charge in [-0.1, -0.05) is 173 Å². The molecule has 8 aromatic rings. The van der Waals surface area contributed by atoms with E-state index >= 15 is 0 Å². The largest absolute Gasteiger partial charge is 0.453 e. The van der Waals surface area contributed by atoms with Crippen LogP contribution >= 0.6 is 11.8 Å². The second kappa shape index (κ2) is 12.1. The number of para-hydroxylation sites is 4. The second-order valence-electron chi connectivity index (χ2n) is 14.0. The molecule has 53 heavy (non-hydrogen) atoms. The van der Waals surface area contributed by atoms with Gasteiger partial charge in [0, 0.05) is 15.5 Å². The van der Waals surface area contributed by atoms with Crippen LogP contribution in [0, 0.1) is 0 Å². The average molecular weight is 728 g/mol. The van der Waals surface area contributed by atoms with Gasteiger partial charge in [-0.3, -0.25) is 0 Å². The first-order valence-corrected chi connectivity index (χ1v) is 22.8. The summed E-state index contributed by atoms with van der Waals surface area (Å²) in [4.78, 5) is 5.09. The van der Waals surface area contributed by atoms with E-state index in [1.165, 1.54) is 36.5 Å². The molecule has 0 radical (unpaired) electrons. The van der Waals surface area contributed by atoms with Gasteiger partial charge in [-0.25, -0.2) is 0 Å². The molecule has 1 atom stereocenters. The van der Waals surface area contributed by atoms with E-state index in [-0.39, 0.29) is 0 Å². The first-order chi connectivity index (χ1) is 26.3. The normalized spacial score (nSPS) is 15.5. The molecule has 0 aliphatic carbocycles. The topological polar surface area (TPSA) is 12.5 Å². The molecular weight excluding hydrogens is 695 g/mol. The fourth-order valence-electron chi connectivity index (χ4n) is 9.08. The Balaban J connectivity index is 1.13. The fourth-order valence-corrected chi connectivity index (χ4v) is 21.5. The number of fused-ring (bicyclic) bond motifs is 10. The summed E-state index contributed by atoms with van der Waals surface area (Å²) in [5.74, 6) is 1.73. The third kappa shape index (κ3) is 4.58. The van der Waals surface area contributed by atoms with E-state index in [0.29, 0.717) is 0 Å². The van der Waals surface area contributed by atoms with Crippen LogP contribution in [0.5, 0.6) is 11.5 Å². The van der Waals surface area contributed by atoms with Crippen LogP contribution < -0.4 is 45.9 Å². The molecule has 3 aliphatic rings. The van der Waals surface area contributed by atoms with Gasteiger partial charge in [0.2, 0.25) is 0 Å². The van der Waals surface area contributed by atoms with Crippen LogP contribution in [0.4, 0.5) is 17.1 Å². The molecule has 1 unspecified atom stereocenters. The van der Waals surface area contributed by atoms with Crippen molar-refractivity contribution in [3.8, 4) is 22.6 Å². The minimum absolute atomic E-state index is 0.865. The van der Waals surface area contributed by atoms with Crippen LogP contribution in [0.2, 0.25) is 0 Å². The minimum atomic E-state index is -2.72. The van der Waals surface area contributed by atoms with Crippen LogP contribution in [-0.2, 0) is 0 Å². The maximum Gasteiger partial charge on any atom is 0.181 e. The molecule has 0 saturated carbocycles. The van der Waals surface area contributed by atoms with E-state index in [4.69, 9.17) is 4.74 Å². The molecular formula is C48H33NOSSi2. The highest BCUT2D eigenvalue weighted by molar-refractivity contribution is 8.00. The van der Waals surface area contributed by atoms with Gasteiger partial charge in [-0.2, -0.15) is 0 Å². The monoisotopic (exact) mass is 727 g/mol. The molecule has 0 aromatic heterocycles. The van der Waals surface area contributed by atoms with Crippen molar-refractivity contribution in [3.05, 3.63) is 194 Å². The van der Waals surface area contributed by atoms with E-state index in [9.17, 15) is 0 Å². The Hall–Kier alpha value is -5.86. The summed E-state index contributed by atoms with van der Waals surface area (Å²) in [7, 11) is -4.52. The number of rotatable bonds is 3. The summed E-state index contributed by atoms with van der Waals surface area (Å²) in [5, 5.41) is 10.7. The molecule has 2 nitrogen and oxygen atoms in total. The first-order valence-electron chi connectivity index (χ1n) is 18.2. The first kappa shape index (κ1) is 30.7. The minimum Gasteiger partial charge on any atom is -0.453 e. The van der Waals surface area contributed by atoms with Crippen LogP contribution in [0.3, 0.4) is 0 Å². The van der Waals surface area contributed by atoms with E-state index in [1.807, 2.05) is 36.0 Å². The molecule has 0 N–H and O–H groups in total. The van der Waals surface area contributed by atoms with Crippen molar-refractivity contribution in [2.75, 3.05) is 4.90 Å². The smallest absolute Gasteiger partial charge is 0.181 e. The number of ether oxygens (including phenoxy) is 1. The summed E-state index contributed by atoms with van der Waals surface area (Å²) in [6, 6.07) is 72.5. The molecule has 3 heterocycles. The number of nitrogens with zero attached hydrogens (tertiary/aromatic N) is 1. The second-order valence-corrected chi connectivity index (χ2v) is 21.5. The Morgan fingerprint density at radius 3 is 1.64 bits per heavy atom. The third-order valence-corrected chi connectivity index (χ3v) is 21.7. The zero-order valence-corrected chi connectivity index (χ0v) is 31.8. The highest BCUT2D eigenvalue weighted by atomic mass is 32.2. The van der Waals surface area contributed by atoms with Crippen LogP contribution in [0.1, 0.15) is 0 Å². The molecule has 0 saturated heterocycles. The molecule has 250 valence electrons. The lowest BCUT2D eigenvalue weighted by molar-refractivity contribution is 0.477. The van der Waals surface area contributed by atoms with Crippen LogP contribution in [-0.4, -0.2) is 16.9 Å². The number of hydrogen-bond acceptors (Lipinski definition) is 3. The van der Waals surface area contributed by atoms with E-state index in [1.54, 1.807) is 20.7 Å². The van der Waals surface area contributed by atoms with Crippen molar-refractivity contribution in [2.45, 2.75) is 9.79 Å². The Bertz CT molecular complexity index is 2620. The lowest BCUT2D eigenvalue weighted by Crippen LogP contribution is -2.87. The Morgan fingerprint density at radius 2 is 0.962 bits per heavy atom. The highest BCUT2D eigenvalue weighted by Crippen LogP contribution is 2.50. The molecule has 8 aromatic carbocycles. The van der Waals surface area contributed by atoms with Crippen molar-refractivity contribution in [1.29, 1.82) is 0 Å². The SMILES string of the molecule is c1ccc([SiH]2c3ccccc3[Si]3(c4ccccc4Sc4ccccc43)c3cc(-c4ccc(N5c6ccccc6Oc6ccccc65)cc4)ccc32)cc1. The van der Waals surface area contributed by atoms with E-state index < -0.39 is 16.9 Å².